The van der Waals surface area contributed by atoms with Gasteiger partial charge in [0.2, 0.25) is 11.7 Å². The van der Waals surface area contributed by atoms with Crippen LogP contribution in [-0.4, -0.2) is 43.3 Å². The lowest BCUT2D eigenvalue weighted by Crippen LogP contribution is -2.41. The molecule has 7 heteroatoms. The molecular formula is C23H26N4O3. The summed E-state index contributed by atoms with van der Waals surface area (Å²) < 4.78 is 10.7. The molecule has 1 aromatic heterocycles. The fourth-order valence-electron chi connectivity index (χ4n) is 3.76. The summed E-state index contributed by atoms with van der Waals surface area (Å²) in [7, 11) is 3.48. The van der Waals surface area contributed by atoms with Crippen molar-refractivity contribution >= 4 is 17.6 Å². The van der Waals surface area contributed by atoms with E-state index in [0.29, 0.717) is 24.9 Å². The normalized spacial score (nSPS) is 14.6. The number of hydrogen-bond acceptors (Lipinski definition) is 6. The number of nitrogens with zero attached hydrogens (tertiary/aromatic N) is 4. The van der Waals surface area contributed by atoms with Gasteiger partial charge in [-0.25, -0.2) is 0 Å². The van der Waals surface area contributed by atoms with Crippen LogP contribution in [0.3, 0.4) is 0 Å². The topological polar surface area (TPSA) is 71.7 Å². The first-order valence-electron chi connectivity index (χ1n) is 10.1. The summed E-state index contributed by atoms with van der Waals surface area (Å²) in [5.74, 6) is 1.48. The Balaban J connectivity index is 1.37. The van der Waals surface area contributed by atoms with E-state index in [-0.39, 0.29) is 11.8 Å². The largest absolute Gasteiger partial charge is 0.497 e. The molecule has 0 unspecified atom stereocenters. The van der Waals surface area contributed by atoms with Crippen LogP contribution in [0, 0.1) is 12.8 Å². The second kappa shape index (κ2) is 8.57. The van der Waals surface area contributed by atoms with Crippen LogP contribution in [0.1, 0.15) is 18.4 Å². The second-order valence-electron chi connectivity index (χ2n) is 7.63. The van der Waals surface area contributed by atoms with Gasteiger partial charge < -0.3 is 19.1 Å². The number of hydrogen-bond donors (Lipinski definition) is 0. The Hall–Kier alpha value is -3.35. The van der Waals surface area contributed by atoms with E-state index in [0.717, 1.165) is 35.4 Å². The summed E-state index contributed by atoms with van der Waals surface area (Å²) in [6, 6.07) is 16.1. The molecule has 1 amide bonds. The van der Waals surface area contributed by atoms with Gasteiger partial charge in [-0.05, 0) is 61.7 Å². The summed E-state index contributed by atoms with van der Waals surface area (Å²) >= 11 is 0. The van der Waals surface area contributed by atoms with Gasteiger partial charge in [-0.2, -0.15) is 4.98 Å². The SMILES string of the molecule is COc1ccc(-c2noc(N3CCC(C(=O)N(C)c4cccc(C)c4)CC3)n2)cc1. The average Bonchev–Trinajstić information content (AvgIpc) is 3.28. The molecule has 1 aliphatic heterocycles. The third-order valence-corrected chi connectivity index (χ3v) is 5.60. The molecular weight excluding hydrogens is 380 g/mol. The van der Waals surface area contributed by atoms with Crippen LogP contribution >= 0.6 is 0 Å². The Morgan fingerprint density at radius 3 is 2.57 bits per heavy atom. The molecule has 0 aliphatic carbocycles. The van der Waals surface area contributed by atoms with Crippen molar-refractivity contribution in [1.29, 1.82) is 0 Å². The zero-order valence-electron chi connectivity index (χ0n) is 17.5. The molecule has 156 valence electrons. The Bertz CT molecular complexity index is 1010. The maximum Gasteiger partial charge on any atom is 0.324 e. The van der Waals surface area contributed by atoms with Crippen molar-refractivity contribution in [2.75, 3.05) is 37.0 Å². The molecule has 0 bridgehead atoms. The van der Waals surface area contributed by atoms with E-state index in [9.17, 15) is 4.79 Å². The predicted molar refractivity (Wildman–Crippen MR) is 116 cm³/mol. The summed E-state index contributed by atoms with van der Waals surface area (Å²) in [4.78, 5) is 21.3. The van der Waals surface area contributed by atoms with Crippen LogP contribution in [0.4, 0.5) is 11.7 Å². The lowest BCUT2D eigenvalue weighted by molar-refractivity contribution is -0.122. The fraction of sp³-hybridized carbons (Fsp3) is 0.348. The lowest BCUT2D eigenvalue weighted by Gasteiger charge is -2.32. The number of ether oxygens (including phenoxy) is 1. The standard InChI is InChI=1S/C23H26N4O3/c1-16-5-4-6-19(15-16)26(2)22(28)18-11-13-27(14-12-18)23-24-21(25-30-23)17-7-9-20(29-3)10-8-17/h4-10,15,18H,11-14H2,1-3H3. The molecule has 0 radical (unpaired) electrons. The van der Waals surface area contributed by atoms with Crippen molar-refractivity contribution in [3.8, 4) is 17.1 Å². The molecule has 30 heavy (non-hydrogen) atoms. The number of methoxy groups -OCH3 is 1. The van der Waals surface area contributed by atoms with E-state index in [2.05, 4.69) is 15.0 Å². The molecule has 0 saturated carbocycles. The van der Waals surface area contributed by atoms with E-state index in [1.165, 1.54) is 0 Å². The molecule has 2 aromatic carbocycles. The van der Waals surface area contributed by atoms with Crippen LogP contribution in [-0.2, 0) is 4.79 Å². The zero-order chi connectivity index (χ0) is 21.1. The molecule has 1 saturated heterocycles. The lowest BCUT2D eigenvalue weighted by atomic mass is 9.95. The van der Waals surface area contributed by atoms with Crippen molar-refractivity contribution < 1.29 is 14.1 Å². The van der Waals surface area contributed by atoms with E-state index < -0.39 is 0 Å². The van der Waals surface area contributed by atoms with Gasteiger partial charge in [-0.1, -0.05) is 17.3 Å². The van der Waals surface area contributed by atoms with Crippen LogP contribution in [0.5, 0.6) is 5.75 Å². The van der Waals surface area contributed by atoms with E-state index in [4.69, 9.17) is 9.26 Å². The Morgan fingerprint density at radius 2 is 1.90 bits per heavy atom. The molecule has 0 spiro atoms. The number of carbonyl (C=O) groups excluding carboxylic acids is 1. The fourth-order valence-corrected chi connectivity index (χ4v) is 3.76. The van der Waals surface area contributed by atoms with Crippen molar-refractivity contribution in [2.45, 2.75) is 19.8 Å². The molecule has 1 fully saturated rings. The third kappa shape index (κ3) is 4.15. The molecule has 3 aromatic rings. The zero-order valence-corrected chi connectivity index (χ0v) is 17.5. The third-order valence-electron chi connectivity index (χ3n) is 5.60. The molecule has 2 heterocycles. The number of aryl methyl sites for hydroxylation is 1. The van der Waals surface area contributed by atoms with Crippen molar-refractivity contribution in [2.24, 2.45) is 5.92 Å². The molecule has 4 rings (SSSR count). The van der Waals surface area contributed by atoms with Gasteiger partial charge in [-0.15, -0.1) is 0 Å². The quantitative estimate of drug-likeness (QED) is 0.639. The number of amides is 1. The first-order chi connectivity index (χ1) is 14.5. The van der Waals surface area contributed by atoms with Crippen LogP contribution in [0.15, 0.2) is 53.1 Å². The van der Waals surface area contributed by atoms with Crippen LogP contribution in [0.2, 0.25) is 0 Å². The number of piperidine rings is 1. The highest BCUT2D eigenvalue weighted by molar-refractivity contribution is 5.94. The van der Waals surface area contributed by atoms with E-state index >= 15 is 0 Å². The Morgan fingerprint density at radius 1 is 1.17 bits per heavy atom. The van der Waals surface area contributed by atoms with Gasteiger partial charge in [-0.3, -0.25) is 4.79 Å². The predicted octanol–water partition coefficient (Wildman–Crippen LogP) is 3.93. The monoisotopic (exact) mass is 406 g/mol. The van der Waals surface area contributed by atoms with Crippen molar-refractivity contribution in [3.63, 3.8) is 0 Å². The Labute approximate surface area is 176 Å². The van der Waals surface area contributed by atoms with E-state index in [1.54, 1.807) is 12.0 Å². The van der Waals surface area contributed by atoms with Gasteiger partial charge in [0.1, 0.15) is 5.75 Å². The molecule has 7 nitrogen and oxygen atoms in total. The van der Waals surface area contributed by atoms with Gasteiger partial charge in [0, 0.05) is 37.3 Å². The highest BCUT2D eigenvalue weighted by atomic mass is 16.5. The maximum atomic E-state index is 12.9. The minimum Gasteiger partial charge on any atom is -0.497 e. The maximum absolute atomic E-state index is 12.9. The minimum absolute atomic E-state index is 0.00394. The summed E-state index contributed by atoms with van der Waals surface area (Å²) in [5.41, 5.74) is 2.95. The average molecular weight is 406 g/mol. The van der Waals surface area contributed by atoms with Gasteiger partial charge in [0.25, 0.3) is 0 Å². The first kappa shape index (κ1) is 19.9. The summed E-state index contributed by atoms with van der Waals surface area (Å²) in [5, 5.41) is 4.10. The smallest absolute Gasteiger partial charge is 0.324 e. The molecule has 0 N–H and O–H groups in total. The van der Waals surface area contributed by atoms with Gasteiger partial charge in [0.05, 0.1) is 7.11 Å². The molecule has 0 atom stereocenters. The van der Waals surface area contributed by atoms with Crippen molar-refractivity contribution in [1.82, 2.24) is 10.1 Å². The number of rotatable bonds is 5. The van der Waals surface area contributed by atoms with Crippen LogP contribution in [0.25, 0.3) is 11.4 Å². The van der Waals surface area contributed by atoms with Crippen molar-refractivity contribution in [3.05, 3.63) is 54.1 Å². The molecule has 1 aliphatic rings. The highest BCUT2D eigenvalue weighted by Crippen LogP contribution is 2.27. The summed E-state index contributed by atoms with van der Waals surface area (Å²) in [6.07, 6.45) is 1.52. The number of aromatic nitrogens is 2. The first-order valence-corrected chi connectivity index (χ1v) is 10.1. The Kier molecular flexibility index (Phi) is 5.70. The minimum atomic E-state index is -0.00394. The second-order valence-corrected chi connectivity index (χ2v) is 7.63. The summed E-state index contributed by atoms with van der Waals surface area (Å²) in [6.45, 7) is 3.45. The van der Waals surface area contributed by atoms with Crippen LogP contribution < -0.4 is 14.5 Å². The highest BCUT2D eigenvalue weighted by Gasteiger charge is 2.29. The number of anilines is 2. The van der Waals surface area contributed by atoms with Gasteiger partial charge >= 0.3 is 6.01 Å². The number of carbonyl (C=O) groups is 1. The number of benzene rings is 2. The van der Waals surface area contributed by atoms with Gasteiger partial charge in [0.15, 0.2) is 0 Å². The van der Waals surface area contributed by atoms with E-state index in [1.807, 2.05) is 62.5 Å².